The number of hydrogen-bond acceptors (Lipinski definition) is 1. The highest BCUT2D eigenvalue weighted by Gasteiger charge is 2.61. The van der Waals surface area contributed by atoms with Crippen molar-refractivity contribution in [2.24, 2.45) is 0 Å². The van der Waals surface area contributed by atoms with Crippen LogP contribution in [0.4, 0.5) is 22.0 Å². The first-order valence-electron chi connectivity index (χ1n) is 4.56. The fraction of sp³-hybridized carbons (Fsp3) is 0.333. The zero-order valence-electron chi connectivity index (χ0n) is 8.86. The average Bonchev–Trinajstić information content (AvgIpc) is 2.14. The number of ether oxygens (including phenoxy) is 1. The van der Waals surface area contributed by atoms with Crippen LogP contribution in [0.5, 0.6) is 5.75 Å². The van der Waals surface area contributed by atoms with Gasteiger partial charge in [-0.25, -0.2) is 0 Å². The molecular weight excluding hydrogens is 318 g/mol. The van der Waals surface area contributed by atoms with Gasteiger partial charge in [0.1, 0.15) is 5.75 Å². The van der Waals surface area contributed by atoms with Crippen LogP contribution >= 0.6 is 22.2 Å². The third kappa shape index (κ3) is 3.49. The molecule has 0 saturated heterocycles. The van der Waals surface area contributed by atoms with Crippen molar-refractivity contribution >= 4 is 34.0 Å². The van der Waals surface area contributed by atoms with E-state index in [0.717, 1.165) is 6.07 Å². The molecule has 0 amide bonds. The Labute approximate surface area is 110 Å². The number of hydrogen-bond donors (Lipinski definition) is 0. The monoisotopic (exact) mass is 324 g/mol. The molecule has 0 radical (unpaired) electrons. The molecule has 0 fully saturated rings. The maximum Gasteiger partial charge on any atom is 0.499 e. The minimum Gasteiger partial charge on any atom is -0.426 e. The van der Waals surface area contributed by atoms with Gasteiger partial charge in [-0.3, -0.25) is 0 Å². The topological polar surface area (TPSA) is 9.23 Å². The lowest BCUT2D eigenvalue weighted by atomic mass is 10.3. The summed E-state index contributed by atoms with van der Waals surface area (Å²) < 4.78 is 65.3. The van der Waals surface area contributed by atoms with Gasteiger partial charge in [-0.15, -0.1) is 22.2 Å². The molecule has 0 aliphatic heterocycles. The van der Waals surface area contributed by atoms with Gasteiger partial charge in [-0.1, -0.05) is 18.2 Å². The second-order valence-corrected chi connectivity index (χ2v) is 10.9. The minimum atomic E-state index is -5.81. The smallest absolute Gasteiger partial charge is 0.426 e. The molecule has 0 unspecified atom stereocenters. The summed E-state index contributed by atoms with van der Waals surface area (Å²) in [7, 11) is 0. The third-order valence-corrected chi connectivity index (χ3v) is 4.51. The van der Waals surface area contributed by atoms with Gasteiger partial charge in [-0.2, -0.15) is 22.0 Å². The molecule has 1 nitrogen and oxygen atoms in total. The molecular formula is C9H7Cl2F5OSi. The summed E-state index contributed by atoms with van der Waals surface area (Å²) in [6, 6.07) is 4.89. The highest BCUT2D eigenvalue weighted by molar-refractivity contribution is 7.50. The molecule has 0 heterocycles. The fourth-order valence-electron chi connectivity index (χ4n) is 1.11. The standard InChI is InChI=1S/C9H7Cl2F5OSi/c1-18(10,11)7-5-3-2-4-6(7)17-9(15,16)8(12,13)14/h2-5H,1H3. The lowest BCUT2D eigenvalue weighted by Crippen LogP contribution is -2.44. The third-order valence-electron chi connectivity index (χ3n) is 1.93. The van der Waals surface area contributed by atoms with Gasteiger partial charge in [0, 0.05) is 5.19 Å². The Bertz CT molecular complexity index is 430. The van der Waals surface area contributed by atoms with Crippen molar-refractivity contribution in [1.29, 1.82) is 0 Å². The summed E-state index contributed by atoms with van der Waals surface area (Å²) in [5, 5.41) is -0.0442. The van der Waals surface area contributed by atoms with Gasteiger partial charge in [0.05, 0.1) is 0 Å². The van der Waals surface area contributed by atoms with E-state index < -0.39 is 24.7 Å². The first-order valence-corrected chi connectivity index (χ1v) is 9.08. The largest absolute Gasteiger partial charge is 0.499 e. The molecule has 1 aromatic carbocycles. The summed E-state index contributed by atoms with van der Waals surface area (Å²) in [5.74, 6) is -0.668. The van der Waals surface area contributed by atoms with Crippen LogP contribution in [0.25, 0.3) is 0 Å². The summed E-state index contributed by atoms with van der Waals surface area (Å²) in [6.07, 6.45) is -11.1. The van der Waals surface area contributed by atoms with E-state index in [2.05, 4.69) is 4.74 Å². The van der Waals surface area contributed by atoms with E-state index >= 15 is 0 Å². The van der Waals surface area contributed by atoms with Crippen molar-refractivity contribution in [2.45, 2.75) is 18.8 Å². The van der Waals surface area contributed by atoms with Crippen LogP contribution in [0.3, 0.4) is 0 Å². The summed E-state index contributed by atoms with van der Waals surface area (Å²) in [6.45, 7) is -1.75. The average molecular weight is 325 g/mol. The van der Waals surface area contributed by atoms with Crippen molar-refractivity contribution < 1.29 is 26.7 Å². The first kappa shape index (κ1) is 15.5. The molecule has 0 aliphatic rings. The molecule has 102 valence electrons. The normalized spacial score (nSPS) is 13.6. The molecule has 1 rings (SSSR count). The van der Waals surface area contributed by atoms with Crippen molar-refractivity contribution in [3.05, 3.63) is 24.3 Å². The van der Waals surface area contributed by atoms with E-state index in [1.165, 1.54) is 24.7 Å². The number of benzene rings is 1. The van der Waals surface area contributed by atoms with Crippen LogP contribution < -0.4 is 9.92 Å². The molecule has 0 saturated carbocycles. The van der Waals surface area contributed by atoms with Crippen LogP contribution in [0.15, 0.2) is 24.3 Å². The predicted octanol–water partition coefficient (Wildman–Crippen LogP) is 3.98. The predicted molar refractivity (Wildman–Crippen MR) is 61.0 cm³/mol. The van der Waals surface area contributed by atoms with Crippen molar-refractivity contribution in [1.82, 2.24) is 0 Å². The van der Waals surface area contributed by atoms with Gasteiger partial charge < -0.3 is 4.74 Å². The quantitative estimate of drug-likeness (QED) is 0.464. The molecule has 0 aromatic heterocycles. The van der Waals surface area contributed by atoms with Crippen molar-refractivity contribution in [3.8, 4) is 5.75 Å². The zero-order chi connectivity index (χ0) is 14.2. The second kappa shape index (κ2) is 4.86. The van der Waals surface area contributed by atoms with Crippen LogP contribution in [0.1, 0.15) is 0 Å². The fourth-order valence-corrected chi connectivity index (χ4v) is 3.01. The number of halogens is 7. The van der Waals surface area contributed by atoms with E-state index in [-0.39, 0.29) is 5.19 Å². The molecule has 9 heteroatoms. The van der Waals surface area contributed by atoms with E-state index in [1.54, 1.807) is 0 Å². The zero-order valence-corrected chi connectivity index (χ0v) is 11.4. The second-order valence-electron chi connectivity index (χ2n) is 3.50. The van der Waals surface area contributed by atoms with E-state index in [0.29, 0.717) is 0 Å². The van der Waals surface area contributed by atoms with Gasteiger partial charge in [0.15, 0.2) is 0 Å². The van der Waals surface area contributed by atoms with E-state index in [4.69, 9.17) is 22.2 Å². The maximum atomic E-state index is 12.8. The Balaban J connectivity index is 3.14. The molecule has 0 N–H and O–H groups in total. The van der Waals surface area contributed by atoms with Gasteiger partial charge in [-0.05, 0) is 12.6 Å². The van der Waals surface area contributed by atoms with Crippen LogP contribution in [-0.4, -0.2) is 19.0 Å². The molecule has 0 spiro atoms. The number of rotatable bonds is 3. The van der Waals surface area contributed by atoms with Crippen molar-refractivity contribution in [2.75, 3.05) is 0 Å². The maximum absolute atomic E-state index is 12.8. The van der Waals surface area contributed by atoms with E-state index in [1.807, 2.05) is 0 Å². The van der Waals surface area contributed by atoms with Gasteiger partial charge in [0.25, 0.3) is 6.69 Å². The lowest BCUT2D eigenvalue weighted by Gasteiger charge is -2.23. The van der Waals surface area contributed by atoms with Crippen LogP contribution in [-0.2, 0) is 0 Å². The molecule has 1 aromatic rings. The van der Waals surface area contributed by atoms with E-state index in [9.17, 15) is 22.0 Å². The minimum absolute atomic E-state index is 0.0442. The van der Waals surface area contributed by atoms with Crippen molar-refractivity contribution in [3.63, 3.8) is 0 Å². The number of para-hydroxylation sites is 1. The Hall–Kier alpha value is -0.533. The van der Waals surface area contributed by atoms with Crippen LogP contribution in [0, 0.1) is 0 Å². The SMILES string of the molecule is C[Si](Cl)(Cl)c1ccccc1OC(F)(F)C(F)(F)F. The highest BCUT2D eigenvalue weighted by atomic mass is 35.7. The summed E-state index contributed by atoms with van der Waals surface area (Å²) >= 11 is 11.6. The molecule has 0 aliphatic carbocycles. The summed E-state index contributed by atoms with van der Waals surface area (Å²) in [5.41, 5.74) is 0. The molecule has 0 bridgehead atoms. The Morgan fingerprint density at radius 3 is 2.00 bits per heavy atom. The van der Waals surface area contributed by atoms with Gasteiger partial charge in [0.2, 0.25) is 0 Å². The molecule has 18 heavy (non-hydrogen) atoms. The first-order chi connectivity index (χ1) is 7.95. The van der Waals surface area contributed by atoms with Crippen LogP contribution in [0.2, 0.25) is 6.55 Å². The Morgan fingerprint density at radius 2 is 1.56 bits per heavy atom. The molecule has 0 atom stereocenters. The lowest BCUT2D eigenvalue weighted by molar-refractivity contribution is -0.360. The highest BCUT2D eigenvalue weighted by Crippen LogP contribution is 2.37. The van der Waals surface area contributed by atoms with Gasteiger partial charge >= 0.3 is 12.3 Å². The Kier molecular flexibility index (Phi) is 4.19. The number of alkyl halides is 5. The Morgan fingerprint density at radius 1 is 1.06 bits per heavy atom. The summed E-state index contributed by atoms with van der Waals surface area (Å²) in [4.78, 5) is 0.